The van der Waals surface area contributed by atoms with Gasteiger partial charge in [0.05, 0.1) is 0 Å². The van der Waals surface area contributed by atoms with Crippen LogP contribution < -0.4 is 14.8 Å². The lowest BCUT2D eigenvalue weighted by atomic mass is 10.3. The Balaban J connectivity index is 1.98. The third-order valence-electron chi connectivity index (χ3n) is 2.35. The van der Waals surface area contributed by atoms with Crippen molar-refractivity contribution in [3.05, 3.63) is 24.3 Å². The van der Waals surface area contributed by atoms with Gasteiger partial charge in [0.25, 0.3) is 0 Å². The van der Waals surface area contributed by atoms with Crippen molar-refractivity contribution in [2.24, 2.45) is 0 Å². The Hall–Kier alpha value is -1.22. The second-order valence-corrected chi connectivity index (χ2v) is 3.49. The number of hydrogen-bond acceptors (Lipinski definition) is 3. The molecule has 0 amide bonds. The van der Waals surface area contributed by atoms with Crippen LogP contribution in [0.3, 0.4) is 0 Å². The molecule has 1 aliphatic rings. The molecular weight excluding hydrogens is 178 g/mol. The van der Waals surface area contributed by atoms with Crippen LogP contribution in [0.2, 0.25) is 0 Å². The molecule has 0 saturated heterocycles. The lowest BCUT2D eigenvalue weighted by Crippen LogP contribution is -2.41. The monoisotopic (exact) mass is 193 g/mol. The van der Waals surface area contributed by atoms with E-state index in [9.17, 15) is 0 Å². The fraction of sp³-hybridized carbons (Fsp3) is 0.455. The molecule has 3 heteroatoms. The van der Waals surface area contributed by atoms with Gasteiger partial charge >= 0.3 is 6.41 Å². The Labute approximate surface area is 84.0 Å². The van der Waals surface area contributed by atoms with Gasteiger partial charge in [-0.1, -0.05) is 19.1 Å². The Morgan fingerprint density at radius 1 is 1.29 bits per heavy atom. The molecule has 0 saturated carbocycles. The van der Waals surface area contributed by atoms with E-state index in [4.69, 9.17) is 9.47 Å². The summed E-state index contributed by atoms with van der Waals surface area (Å²) in [5.41, 5.74) is 0. The van der Waals surface area contributed by atoms with Crippen molar-refractivity contribution in [2.45, 2.75) is 32.7 Å². The van der Waals surface area contributed by atoms with E-state index in [-0.39, 0.29) is 6.41 Å². The summed E-state index contributed by atoms with van der Waals surface area (Å²) in [6, 6.07) is 8.09. The van der Waals surface area contributed by atoms with Crippen LogP contribution in [-0.2, 0) is 0 Å². The van der Waals surface area contributed by atoms with Gasteiger partial charge in [-0.3, -0.25) is 0 Å². The summed E-state index contributed by atoms with van der Waals surface area (Å²) < 4.78 is 11.1. The van der Waals surface area contributed by atoms with Gasteiger partial charge in [-0.05, 0) is 25.5 Å². The van der Waals surface area contributed by atoms with E-state index in [2.05, 4.69) is 19.2 Å². The maximum Gasteiger partial charge on any atom is 0.302 e. The summed E-state index contributed by atoms with van der Waals surface area (Å²) in [4.78, 5) is 0. The SMILES string of the molecule is CCC(C)NC1Oc2ccccc2O1. The van der Waals surface area contributed by atoms with Crippen molar-refractivity contribution < 1.29 is 9.47 Å². The molecule has 0 aliphatic carbocycles. The first kappa shape index (κ1) is 9.34. The van der Waals surface area contributed by atoms with E-state index >= 15 is 0 Å². The molecule has 0 bridgehead atoms. The average Bonchev–Trinajstić information content (AvgIpc) is 2.59. The molecule has 0 spiro atoms. The van der Waals surface area contributed by atoms with E-state index in [1.165, 1.54) is 0 Å². The predicted molar refractivity (Wildman–Crippen MR) is 54.4 cm³/mol. The zero-order valence-electron chi connectivity index (χ0n) is 8.49. The Bertz CT molecular complexity index is 289. The highest BCUT2D eigenvalue weighted by Crippen LogP contribution is 2.33. The molecule has 14 heavy (non-hydrogen) atoms. The quantitative estimate of drug-likeness (QED) is 0.797. The fourth-order valence-electron chi connectivity index (χ4n) is 1.32. The second-order valence-electron chi connectivity index (χ2n) is 3.49. The topological polar surface area (TPSA) is 30.5 Å². The van der Waals surface area contributed by atoms with Crippen molar-refractivity contribution in [2.75, 3.05) is 0 Å². The standard InChI is InChI=1S/C11H15NO2/c1-3-8(2)12-11-13-9-6-4-5-7-10(9)14-11/h4-8,11-12H,3H2,1-2H3. The molecule has 0 aromatic heterocycles. The van der Waals surface area contributed by atoms with Gasteiger partial charge in [-0.15, -0.1) is 0 Å². The van der Waals surface area contributed by atoms with Gasteiger partial charge in [0, 0.05) is 6.04 Å². The van der Waals surface area contributed by atoms with Crippen LogP contribution in [0.1, 0.15) is 20.3 Å². The number of fused-ring (bicyclic) bond motifs is 1. The van der Waals surface area contributed by atoms with Crippen molar-refractivity contribution in [3.63, 3.8) is 0 Å². The molecule has 1 N–H and O–H groups in total. The average molecular weight is 193 g/mol. The summed E-state index contributed by atoms with van der Waals surface area (Å²) in [5, 5.41) is 3.23. The third-order valence-corrected chi connectivity index (χ3v) is 2.35. The van der Waals surface area contributed by atoms with Gasteiger partial charge in [0.15, 0.2) is 11.5 Å². The molecule has 3 nitrogen and oxygen atoms in total. The number of ether oxygens (including phenoxy) is 2. The maximum absolute atomic E-state index is 5.55. The van der Waals surface area contributed by atoms with Crippen LogP contribution in [0, 0.1) is 0 Å². The van der Waals surface area contributed by atoms with E-state index in [0.29, 0.717) is 6.04 Å². The van der Waals surface area contributed by atoms with Crippen LogP contribution in [0.15, 0.2) is 24.3 Å². The molecule has 1 aromatic carbocycles. The Morgan fingerprint density at radius 3 is 2.36 bits per heavy atom. The first-order valence-corrected chi connectivity index (χ1v) is 4.98. The lowest BCUT2D eigenvalue weighted by molar-refractivity contribution is 0.00925. The highest BCUT2D eigenvalue weighted by atomic mass is 16.7. The lowest BCUT2D eigenvalue weighted by Gasteiger charge is -2.16. The molecule has 1 unspecified atom stereocenters. The second kappa shape index (κ2) is 3.88. The van der Waals surface area contributed by atoms with Gasteiger partial charge in [0.1, 0.15) is 0 Å². The van der Waals surface area contributed by atoms with E-state index in [1.807, 2.05) is 24.3 Å². The van der Waals surface area contributed by atoms with Crippen molar-refractivity contribution in [3.8, 4) is 11.5 Å². The molecular formula is C11H15NO2. The fourth-order valence-corrected chi connectivity index (χ4v) is 1.32. The predicted octanol–water partition coefficient (Wildman–Crippen LogP) is 2.13. The highest BCUT2D eigenvalue weighted by Gasteiger charge is 2.23. The molecule has 0 fully saturated rings. The first-order chi connectivity index (χ1) is 6.79. The van der Waals surface area contributed by atoms with Crippen LogP contribution in [0.25, 0.3) is 0 Å². The maximum atomic E-state index is 5.55. The van der Waals surface area contributed by atoms with E-state index in [1.54, 1.807) is 0 Å². The highest BCUT2D eigenvalue weighted by molar-refractivity contribution is 5.41. The number of rotatable bonds is 3. The number of benzene rings is 1. The summed E-state index contributed by atoms with van der Waals surface area (Å²) >= 11 is 0. The van der Waals surface area contributed by atoms with Crippen molar-refractivity contribution in [1.82, 2.24) is 5.32 Å². The largest absolute Gasteiger partial charge is 0.438 e. The van der Waals surface area contributed by atoms with Crippen molar-refractivity contribution in [1.29, 1.82) is 0 Å². The van der Waals surface area contributed by atoms with Gasteiger partial charge in [-0.2, -0.15) is 0 Å². The Kier molecular flexibility index (Phi) is 2.59. The first-order valence-electron chi connectivity index (χ1n) is 4.98. The molecule has 76 valence electrons. The van der Waals surface area contributed by atoms with Crippen LogP contribution >= 0.6 is 0 Å². The molecule has 1 aromatic rings. The smallest absolute Gasteiger partial charge is 0.302 e. The number of hydrogen-bond donors (Lipinski definition) is 1. The van der Waals surface area contributed by atoms with E-state index in [0.717, 1.165) is 17.9 Å². The molecule has 1 atom stereocenters. The molecule has 0 radical (unpaired) electrons. The number of nitrogens with one attached hydrogen (secondary N) is 1. The zero-order chi connectivity index (χ0) is 9.97. The summed E-state index contributed by atoms with van der Waals surface area (Å²) in [5.74, 6) is 1.63. The van der Waals surface area contributed by atoms with Gasteiger partial charge < -0.3 is 9.47 Å². The van der Waals surface area contributed by atoms with Crippen LogP contribution in [0.5, 0.6) is 11.5 Å². The third kappa shape index (κ3) is 1.82. The normalized spacial score (nSPS) is 17.0. The van der Waals surface area contributed by atoms with Gasteiger partial charge in [-0.25, -0.2) is 5.32 Å². The minimum atomic E-state index is -0.331. The van der Waals surface area contributed by atoms with Gasteiger partial charge in [0.2, 0.25) is 0 Å². The molecule has 1 aliphatic heterocycles. The minimum absolute atomic E-state index is 0.331. The summed E-state index contributed by atoms with van der Waals surface area (Å²) in [6.45, 7) is 4.23. The van der Waals surface area contributed by atoms with Crippen molar-refractivity contribution >= 4 is 0 Å². The zero-order valence-corrected chi connectivity index (χ0v) is 8.49. The Morgan fingerprint density at radius 2 is 1.86 bits per heavy atom. The van der Waals surface area contributed by atoms with E-state index < -0.39 is 0 Å². The summed E-state index contributed by atoms with van der Waals surface area (Å²) in [7, 11) is 0. The molecule has 2 rings (SSSR count). The van der Waals surface area contributed by atoms with Crippen LogP contribution in [0.4, 0.5) is 0 Å². The van der Waals surface area contributed by atoms with Crippen LogP contribution in [-0.4, -0.2) is 12.5 Å². The summed E-state index contributed by atoms with van der Waals surface area (Å²) in [6.07, 6.45) is 0.724. The molecule has 1 heterocycles. The number of para-hydroxylation sites is 2. The minimum Gasteiger partial charge on any atom is -0.438 e.